The summed E-state index contributed by atoms with van der Waals surface area (Å²) in [5.74, 6) is 0.111. The van der Waals surface area contributed by atoms with Gasteiger partial charge in [0.15, 0.2) is 5.76 Å². The summed E-state index contributed by atoms with van der Waals surface area (Å²) in [6.07, 6.45) is 0. The van der Waals surface area contributed by atoms with E-state index in [0.717, 1.165) is 0 Å². The van der Waals surface area contributed by atoms with E-state index < -0.39 is 0 Å². The van der Waals surface area contributed by atoms with Crippen LogP contribution in [0.15, 0.2) is 12.3 Å². The number of hydrogen-bond acceptors (Lipinski definition) is 2. The van der Waals surface area contributed by atoms with Crippen molar-refractivity contribution in [3.63, 3.8) is 0 Å². The van der Waals surface area contributed by atoms with Crippen LogP contribution >= 0.6 is 9.47 Å². The van der Waals surface area contributed by atoms with E-state index >= 15 is 0 Å². The van der Waals surface area contributed by atoms with Crippen LogP contribution in [0.2, 0.25) is 0 Å². The molecule has 0 aliphatic carbocycles. The Hall–Kier alpha value is -0.540. The molecule has 0 aromatic carbocycles. The lowest BCUT2D eigenvalue weighted by Gasteiger charge is -1.84. The van der Waals surface area contributed by atoms with Gasteiger partial charge < -0.3 is 4.52 Å². The molecule has 0 saturated carbocycles. The Kier molecular flexibility index (Phi) is 2.44. The highest BCUT2D eigenvalue weighted by molar-refractivity contribution is 7.10. The molecule has 1 unspecified atom stereocenters. The van der Waals surface area contributed by atoms with Crippen molar-refractivity contribution in [2.45, 2.75) is 0 Å². The molecule has 3 heteroatoms. The second-order valence-corrected chi connectivity index (χ2v) is 0.889. The van der Waals surface area contributed by atoms with Crippen molar-refractivity contribution < 1.29 is 4.52 Å². The minimum absolute atomic E-state index is 0.111. The minimum atomic E-state index is 0.111. The van der Waals surface area contributed by atoms with Crippen molar-refractivity contribution in [1.82, 2.24) is 0 Å². The maximum absolute atomic E-state index is 7.85. The average Bonchev–Trinajstić information content (AvgIpc) is 1.65. The molecular weight excluding hydrogens is 97.0 g/mol. The van der Waals surface area contributed by atoms with Gasteiger partial charge in [0.25, 0.3) is 0 Å². The molecule has 0 aromatic rings. The van der Waals surface area contributed by atoms with E-state index in [2.05, 4.69) is 11.1 Å². The Labute approximate surface area is 38.7 Å². The molecule has 32 valence electrons. The quantitative estimate of drug-likeness (QED) is 0.278. The number of rotatable bonds is 1. The molecule has 6 heavy (non-hydrogen) atoms. The molecular formula is C3H4NOP. The van der Waals surface area contributed by atoms with Crippen molar-refractivity contribution in [2.75, 3.05) is 0 Å². The van der Waals surface area contributed by atoms with E-state index in [1.54, 1.807) is 6.07 Å². The summed E-state index contributed by atoms with van der Waals surface area (Å²) in [4.78, 5) is 0. The Morgan fingerprint density at radius 3 is 2.50 bits per heavy atom. The normalized spacial score (nSPS) is 6.00. The lowest BCUT2D eigenvalue weighted by Crippen LogP contribution is -1.65. The van der Waals surface area contributed by atoms with E-state index in [1.807, 2.05) is 9.47 Å². The summed E-state index contributed by atoms with van der Waals surface area (Å²) in [7, 11) is 1.92. The number of hydrogen-bond donors (Lipinski definition) is 0. The van der Waals surface area contributed by atoms with E-state index in [-0.39, 0.29) is 5.76 Å². The third-order valence-corrected chi connectivity index (χ3v) is 0.551. The van der Waals surface area contributed by atoms with Crippen molar-refractivity contribution in [2.24, 2.45) is 0 Å². The van der Waals surface area contributed by atoms with Crippen LogP contribution in [0.4, 0.5) is 0 Å². The highest BCUT2D eigenvalue weighted by atomic mass is 31.0. The second-order valence-electron chi connectivity index (χ2n) is 0.653. The zero-order chi connectivity index (χ0) is 4.99. The summed E-state index contributed by atoms with van der Waals surface area (Å²) < 4.78 is 4.26. The topological polar surface area (TPSA) is 33.0 Å². The number of nitriles is 1. The molecule has 0 rings (SSSR count). The van der Waals surface area contributed by atoms with Gasteiger partial charge in [-0.05, 0) is 6.58 Å². The van der Waals surface area contributed by atoms with Gasteiger partial charge >= 0.3 is 0 Å². The first-order chi connectivity index (χ1) is 2.81. The van der Waals surface area contributed by atoms with Gasteiger partial charge in [-0.2, -0.15) is 5.26 Å². The van der Waals surface area contributed by atoms with Gasteiger partial charge in [0.05, 0.1) is 9.47 Å². The SMILES string of the molecule is C=C(C#N)OP. The van der Waals surface area contributed by atoms with Crippen LogP contribution < -0.4 is 0 Å². The molecule has 0 aromatic heterocycles. The van der Waals surface area contributed by atoms with E-state index in [9.17, 15) is 0 Å². The molecule has 0 fully saturated rings. The van der Waals surface area contributed by atoms with Gasteiger partial charge in [-0.25, -0.2) is 0 Å². The van der Waals surface area contributed by atoms with Crippen LogP contribution in [-0.2, 0) is 4.52 Å². The fraction of sp³-hybridized carbons (Fsp3) is 0. The van der Waals surface area contributed by atoms with Crippen LogP contribution in [-0.4, -0.2) is 0 Å². The van der Waals surface area contributed by atoms with Crippen LogP contribution in [0.3, 0.4) is 0 Å². The Morgan fingerprint density at radius 1 is 2.00 bits per heavy atom. The van der Waals surface area contributed by atoms with Crippen LogP contribution in [0, 0.1) is 11.3 Å². The molecule has 0 aliphatic heterocycles. The molecule has 0 amide bonds. The number of nitrogens with zero attached hydrogens (tertiary/aromatic N) is 1. The van der Waals surface area contributed by atoms with E-state index in [1.165, 1.54) is 0 Å². The third-order valence-electron chi connectivity index (χ3n) is 0.267. The van der Waals surface area contributed by atoms with Crippen LogP contribution in [0.25, 0.3) is 0 Å². The molecule has 1 atom stereocenters. The highest BCUT2D eigenvalue weighted by Gasteiger charge is 1.77. The Bertz CT molecular complexity index is 93.5. The predicted octanol–water partition coefficient (Wildman–Crippen LogP) is 0.830. The van der Waals surface area contributed by atoms with Crippen molar-refractivity contribution in [3.8, 4) is 6.07 Å². The lowest BCUT2D eigenvalue weighted by molar-refractivity contribution is 0.528. The van der Waals surface area contributed by atoms with Gasteiger partial charge in [-0.15, -0.1) is 0 Å². The minimum Gasteiger partial charge on any atom is -0.470 e. The Balaban J connectivity index is 3.33. The molecule has 0 spiro atoms. The molecule has 0 N–H and O–H groups in total. The summed E-state index contributed by atoms with van der Waals surface area (Å²) >= 11 is 0. The molecule has 0 heterocycles. The highest BCUT2D eigenvalue weighted by Crippen LogP contribution is 1.94. The molecule has 0 saturated heterocycles. The molecule has 0 bridgehead atoms. The standard InChI is InChI=1S/C3H4NOP/c1-3(2-4)5-6/h1,6H2. The third kappa shape index (κ3) is 1.75. The fourth-order valence-corrected chi connectivity index (χ4v) is 0.0791. The maximum atomic E-state index is 7.85. The monoisotopic (exact) mass is 101 g/mol. The second kappa shape index (κ2) is 2.68. The largest absolute Gasteiger partial charge is 0.470 e. The zero-order valence-electron chi connectivity index (χ0n) is 3.14. The first kappa shape index (κ1) is 5.46. The van der Waals surface area contributed by atoms with Gasteiger partial charge in [0.1, 0.15) is 6.07 Å². The van der Waals surface area contributed by atoms with Crippen LogP contribution in [0.5, 0.6) is 0 Å². The summed E-state index contributed by atoms with van der Waals surface area (Å²) in [5, 5.41) is 7.85. The van der Waals surface area contributed by atoms with E-state index in [0.29, 0.717) is 0 Å². The number of allylic oxidation sites excluding steroid dienone is 1. The molecule has 0 radical (unpaired) electrons. The summed E-state index contributed by atoms with van der Waals surface area (Å²) in [6, 6.07) is 1.68. The first-order valence-electron chi connectivity index (χ1n) is 1.27. The van der Waals surface area contributed by atoms with Gasteiger partial charge in [0, 0.05) is 0 Å². The van der Waals surface area contributed by atoms with Crippen molar-refractivity contribution >= 4 is 9.47 Å². The smallest absolute Gasteiger partial charge is 0.192 e. The van der Waals surface area contributed by atoms with Gasteiger partial charge in [-0.3, -0.25) is 0 Å². The molecule has 0 aliphatic rings. The van der Waals surface area contributed by atoms with Gasteiger partial charge in [-0.1, -0.05) is 0 Å². The zero-order valence-corrected chi connectivity index (χ0v) is 4.29. The van der Waals surface area contributed by atoms with Crippen molar-refractivity contribution in [1.29, 1.82) is 5.26 Å². The summed E-state index contributed by atoms with van der Waals surface area (Å²) in [6.45, 7) is 3.19. The lowest BCUT2D eigenvalue weighted by atomic mass is 10.7. The summed E-state index contributed by atoms with van der Waals surface area (Å²) in [5.41, 5.74) is 0. The first-order valence-corrected chi connectivity index (χ1v) is 1.74. The average molecular weight is 101 g/mol. The van der Waals surface area contributed by atoms with Crippen LogP contribution in [0.1, 0.15) is 0 Å². The predicted molar refractivity (Wildman–Crippen MR) is 25.5 cm³/mol. The van der Waals surface area contributed by atoms with Crippen molar-refractivity contribution in [3.05, 3.63) is 12.3 Å². The van der Waals surface area contributed by atoms with E-state index in [4.69, 9.17) is 5.26 Å². The van der Waals surface area contributed by atoms with Gasteiger partial charge in [0.2, 0.25) is 0 Å². The fourth-order valence-electron chi connectivity index (χ4n) is 0.0264. The maximum Gasteiger partial charge on any atom is 0.192 e. The Morgan fingerprint density at radius 2 is 2.50 bits per heavy atom. The molecule has 2 nitrogen and oxygen atoms in total.